The van der Waals surface area contributed by atoms with Crippen molar-refractivity contribution in [1.82, 2.24) is 10.0 Å². The number of carbonyl (C=O) groups is 1. The first-order chi connectivity index (χ1) is 14.9. The first-order valence-corrected chi connectivity index (χ1v) is 13.1. The minimum Gasteiger partial charge on any atom is -0.486 e. The van der Waals surface area contributed by atoms with Crippen LogP contribution in [0.3, 0.4) is 0 Å². The second kappa shape index (κ2) is 11.1. The van der Waals surface area contributed by atoms with Crippen LogP contribution in [0.15, 0.2) is 47.4 Å². The number of sulfonamides is 1. The maximum Gasteiger partial charge on any atom is 0.241 e. The average Bonchev–Trinajstić information content (AvgIpc) is 2.76. The molecule has 1 heterocycles. The van der Waals surface area contributed by atoms with E-state index in [0.29, 0.717) is 54.9 Å². The summed E-state index contributed by atoms with van der Waals surface area (Å²) < 4.78 is 39.3. The molecule has 0 aliphatic carbocycles. The minimum atomic E-state index is -3.92. The molecule has 1 atom stereocenters. The van der Waals surface area contributed by atoms with Crippen LogP contribution in [-0.2, 0) is 21.2 Å². The van der Waals surface area contributed by atoms with Gasteiger partial charge in [-0.3, -0.25) is 4.79 Å². The highest BCUT2D eigenvalue weighted by molar-refractivity contribution is 7.98. The molecule has 1 aliphatic heterocycles. The molecule has 10 heteroatoms. The molecule has 7 nitrogen and oxygen atoms in total. The molecule has 0 fully saturated rings. The van der Waals surface area contributed by atoms with Crippen molar-refractivity contribution in [3.8, 4) is 11.5 Å². The van der Waals surface area contributed by atoms with Crippen molar-refractivity contribution in [1.29, 1.82) is 0 Å². The normalized spacial score (nSPS) is 14.1. The summed E-state index contributed by atoms with van der Waals surface area (Å²) in [5.74, 6) is 1.15. The topological polar surface area (TPSA) is 93.7 Å². The van der Waals surface area contributed by atoms with Crippen molar-refractivity contribution in [2.45, 2.75) is 23.8 Å². The van der Waals surface area contributed by atoms with Gasteiger partial charge in [0.05, 0.1) is 4.90 Å². The van der Waals surface area contributed by atoms with Gasteiger partial charge in [-0.05, 0) is 54.7 Å². The van der Waals surface area contributed by atoms with Crippen LogP contribution < -0.4 is 19.5 Å². The van der Waals surface area contributed by atoms with E-state index in [1.165, 1.54) is 12.1 Å². The van der Waals surface area contributed by atoms with Gasteiger partial charge in [-0.1, -0.05) is 23.7 Å². The smallest absolute Gasteiger partial charge is 0.241 e. The molecule has 2 N–H and O–H groups in total. The van der Waals surface area contributed by atoms with Gasteiger partial charge in [0.25, 0.3) is 0 Å². The zero-order valence-corrected chi connectivity index (χ0v) is 19.5. The fraction of sp³-hybridized carbons (Fsp3) is 0.381. The zero-order valence-electron chi connectivity index (χ0n) is 17.1. The Bertz CT molecular complexity index is 1020. The molecule has 2 aromatic rings. The first-order valence-electron chi connectivity index (χ1n) is 9.82. The van der Waals surface area contributed by atoms with Gasteiger partial charge in [0.15, 0.2) is 11.5 Å². The maximum absolute atomic E-state index is 12.9. The fourth-order valence-corrected chi connectivity index (χ4v) is 5.00. The van der Waals surface area contributed by atoms with E-state index in [-0.39, 0.29) is 10.8 Å². The quantitative estimate of drug-likeness (QED) is 0.538. The van der Waals surface area contributed by atoms with Gasteiger partial charge in [0.2, 0.25) is 15.9 Å². The molecule has 2 aromatic carbocycles. The Hall–Kier alpha value is -1.94. The molecular weight excluding hydrogens is 460 g/mol. The predicted octanol–water partition coefficient (Wildman–Crippen LogP) is 2.87. The van der Waals surface area contributed by atoms with Crippen LogP contribution in [0.1, 0.15) is 12.0 Å². The van der Waals surface area contributed by atoms with Crippen LogP contribution in [-0.4, -0.2) is 52.1 Å². The largest absolute Gasteiger partial charge is 0.486 e. The fourth-order valence-electron chi connectivity index (χ4n) is 3.07. The third-order valence-corrected chi connectivity index (χ3v) is 7.00. The SMILES string of the molecule is CSCCC(NS(=O)(=O)c1ccc2c(c1)OCCO2)C(=O)NCCc1cccc(Cl)c1. The van der Waals surface area contributed by atoms with Crippen molar-refractivity contribution in [2.24, 2.45) is 0 Å². The lowest BCUT2D eigenvalue weighted by Gasteiger charge is -2.21. The number of ether oxygens (including phenoxy) is 2. The second-order valence-electron chi connectivity index (χ2n) is 6.93. The maximum atomic E-state index is 12.9. The highest BCUT2D eigenvalue weighted by atomic mass is 35.5. The number of carbonyl (C=O) groups excluding carboxylic acids is 1. The molecule has 31 heavy (non-hydrogen) atoms. The van der Waals surface area contributed by atoms with E-state index >= 15 is 0 Å². The van der Waals surface area contributed by atoms with E-state index in [9.17, 15) is 13.2 Å². The number of thioether (sulfide) groups is 1. The van der Waals surface area contributed by atoms with Crippen LogP contribution in [0, 0.1) is 0 Å². The van der Waals surface area contributed by atoms with Crippen LogP contribution in [0.4, 0.5) is 0 Å². The molecule has 1 amide bonds. The van der Waals surface area contributed by atoms with Crippen LogP contribution in [0.2, 0.25) is 5.02 Å². The van der Waals surface area contributed by atoms with Gasteiger partial charge in [-0.25, -0.2) is 8.42 Å². The summed E-state index contributed by atoms with van der Waals surface area (Å²) in [7, 11) is -3.92. The van der Waals surface area contributed by atoms with E-state index < -0.39 is 16.1 Å². The van der Waals surface area contributed by atoms with Crippen LogP contribution >= 0.6 is 23.4 Å². The third-order valence-electron chi connectivity index (χ3n) is 4.65. The summed E-state index contributed by atoms with van der Waals surface area (Å²) >= 11 is 7.53. The van der Waals surface area contributed by atoms with Gasteiger partial charge in [-0.15, -0.1) is 0 Å². The van der Waals surface area contributed by atoms with Crippen molar-refractivity contribution >= 4 is 39.3 Å². The molecule has 0 saturated carbocycles. The molecule has 168 valence electrons. The van der Waals surface area contributed by atoms with Crippen molar-refractivity contribution in [3.63, 3.8) is 0 Å². The summed E-state index contributed by atoms with van der Waals surface area (Å²) in [6.07, 6.45) is 2.87. The number of hydrogen-bond donors (Lipinski definition) is 2. The highest BCUT2D eigenvalue weighted by Crippen LogP contribution is 2.32. The number of nitrogens with one attached hydrogen (secondary N) is 2. The average molecular weight is 485 g/mol. The summed E-state index contributed by atoms with van der Waals surface area (Å²) in [5, 5.41) is 3.45. The summed E-state index contributed by atoms with van der Waals surface area (Å²) in [6.45, 7) is 1.15. The number of fused-ring (bicyclic) bond motifs is 1. The molecule has 0 aromatic heterocycles. The van der Waals surface area contributed by atoms with Gasteiger partial charge >= 0.3 is 0 Å². The van der Waals surface area contributed by atoms with Gasteiger partial charge in [0, 0.05) is 17.6 Å². The van der Waals surface area contributed by atoms with Crippen molar-refractivity contribution in [3.05, 3.63) is 53.1 Å². The Morgan fingerprint density at radius 2 is 1.94 bits per heavy atom. The number of rotatable bonds is 10. The molecule has 1 unspecified atom stereocenters. The van der Waals surface area contributed by atoms with Gasteiger partial charge in [-0.2, -0.15) is 16.5 Å². The van der Waals surface area contributed by atoms with E-state index in [4.69, 9.17) is 21.1 Å². The van der Waals surface area contributed by atoms with Crippen LogP contribution in [0.5, 0.6) is 11.5 Å². The first kappa shape index (κ1) is 23.7. The van der Waals surface area contributed by atoms with E-state index in [2.05, 4.69) is 10.0 Å². The van der Waals surface area contributed by atoms with E-state index in [1.54, 1.807) is 23.9 Å². The van der Waals surface area contributed by atoms with Gasteiger partial charge in [0.1, 0.15) is 19.3 Å². The molecule has 1 aliphatic rings. The molecule has 0 saturated heterocycles. The van der Waals surface area contributed by atoms with Crippen molar-refractivity contribution < 1.29 is 22.7 Å². The Morgan fingerprint density at radius 3 is 2.68 bits per heavy atom. The second-order valence-corrected chi connectivity index (χ2v) is 10.1. The summed E-state index contributed by atoms with van der Waals surface area (Å²) in [4.78, 5) is 12.8. The summed E-state index contributed by atoms with van der Waals surface area (Å²) in [6, 6.07) is 10.9. The molecule has 3 rings (SSSR count). The lowest BCUT2D eigenvalue weighted by Crippen LogP contribution is -2.47. The third kappa shape index (κ3) is 6.77. The Kier molecular flexibility index (Phi) is 8.48. The van der Waals surface area contributed by atoms with E-state index in [1.807, 2.05) is 24.5 Å². The standard InChI is InChI=1S/C21H25ClN2O5S2/c1-30-12-8-18(21(25)23-9-7-15-3-2-4-16(22)13-15)24-31(26,27)17-5-6-19-20(14-17)29-11-10-28-19/h2-6,13-14,18,24H,7-12H2,1H3,(H,23,25). The molecular formula is C21H25ClN2O5S2. The molecule has 0 bridgehead atoms. The molecule has 0 radical (unpaired) electrons. The predicted molar refractivity (Wildman–Crippen MR) is 123 cm³/mol. The summed E-state index contributed by atoms with van der Waals surface area (Å²) in [5.41, 5.74) is 0.991. The van der Waals surface area contributed by atoms with Gasteiger partial charge < -0.3 is 14.8 Å². The van der Waals surface area contributed by atoms with E-state index in [0.717, 1.165) is 5.56 Å². The Morgan fingerprint density at radius 1 is 1.16 bits per heavy atom. The lowest BCUT2D eigenvalue weighted by atomic mass is 10.1. The molecule has 0 spiro atoms. The Labute approximate surface area is 191 Å². The number of amides is 1. The zero-order chi connectivity index (χ0) is 22.3. The lowest BCUT2D eigenvalue weighted by molar-refractivity contribution is -0.122. The number of benzene rings is 2. The van der Waals surface area contributed by atoms with Crippen molar-refractivity contribution in [2.75, 3.05) is 31.8 Å². The minimum absolute atomic E-state index is 0.0256. The number of hydrogen-bond acceptors (Lipinski definition) is 6. The Balaban J connectivity index is 1.65. The highest BCUT2D eigenvalue weighted by Gasteiger charge is 2.26. The monoisotopic (exact) mass is 484 g/mol. The number of halogens is 1. The van der Waals surface area contributed by atoms with Crippen LogP contribution in [0.25, 0.3) is 0 Å².